The second kappa shape index (κ2) is 7.99. The molecule has 1 aromatic carbocycles. The predicted molar refractivity (Wildman–Crippen MR) is 91.2 cm³/mol. The van der Waals surface area contributed by atoms with E-state index in [1.807, 2.05) is 29.2 Å². The van der Waals surface area contributed by atoms with E-state index >= 15 is 0 Å². The lowest BCUT2D eigenvalue weighted by atomic mass is 9.93. The Labute approximate surface area is 143 Å². The number of amides is 1. The summed E-state index contributed by atoms with van der Waals surface area (Å²) in [6.07, 6.45) is 3.40. The van der Waals surface area contributed by atoms with E-state index in [0.29, 0.717) is 31.9 Å². The monoisotopic (exact) mass is 333 g/mol. The molecule has 5 heteroatoms. The summed E-state index contributed by atoms with van der Waals surface area (Å²) in [4.78, 5) is 14.9. The fourth-order valence-electron chi connectivity index (χ4n) is 3.75. The first-order valence-electron chi connectivity index (χ1n) is 9.00. The molecule has 1 N–H and O–H groups in total. The van der Waals surface area contributed by atoms with Crippen molar-refractivity contribution >= 4 is 5.91 Å². The van der Waals surface area contributed by atoms with Gasteiger partial charge in [0.1, 0.15) is 5.75 Å². The van der Waals surface area contributed by atoms with Crippen LogP contribution in [-0.2, 0) is 4.74 Å². The number of rotatable bonds is 5. The van der Waals surface area contributed by atoms with Crippen LogP contribution in [0.5, 0.6) is 5.75 Å². The molecule has 2 aliphatic rings. The Morgan fingerprint density at radius 3 is 3.04 bits per heavy atom. The van der Waals surface area contributed by atoms with Gasteiger partial charge in [0, 0.05) is 18.0 Å². The minimum atomic E-state index is -0.328. The van der Waals surface area contributed by atoms with Gasteiger partial charge in [-0.1, -0.05) is 19.4 Å². The van der Waals surface area contributed by atoms with Gasteiger partial charge in [-0.05, 0) is 37.5 Å². The van der Waals surface area contributed by atoms with Crippen LogP contribution in [0.15, 0.2) is 24.3 Å². The minimum Gasteiger partial charge on any atom is -0.494 e. The van der Waals surface area contributed by atoms with Crippen LogP contribution in [0.25, 0.3) is 0 Å². The van der Waals surface area contributed by atoms with E-state index in [1.165, 1.54) is 0 Å². The van der Waals surface area contributed by atoms with Gasteiger partial charge in [0.15, 0.2) is 0 Å². The van der Waals surface area contributed by atoms with Crippen molar-refractivity contribution in [2.45, 2.75) is 44.8 Å². The lowest BCUT2D eigenvalue weighted by molar-refractivity contribution is -0.0383. The van der Waals surface area contributed by atoms with Crippen molar-refractivity contribution in [3.8, 4) is 5.75 Å². The van der Waals surface area contributed by atoms with Crippen molar-refractivity contribution < 1.29 is 19.4 Å². The summed E-state index contributed by atoms with van der Waals surface area (Å²) in [5.74, 6) is 0.853. The van der Waals surface area contributed by atoms with E-state index in [2.05, 4.69) is 6.92 Å². The fraction of sp³-hybridized carbons (Fsp3) is 0.632. The van der Waals surface area contributed by atoms with Crippen LogP contribution in [0.4, 0.5) is 0 Å². The van der Waals surface area contributed by atoms with Gasteiger partial charge >= 0.3 is 0 Å². The summed E-state index contributed by atoms with van der Waals surface area (Å²) in [5, 5.41) is 10.2. The zero-order valence-corrected chi connectivity index (χ0v) is 14.3. The van der Waals surface area contributed by atoms with Crippen LogP contribution >= 0.6 is 0 Å². The van der Waals surface area contributed by atoms with Crippen molar-refractivity contribution in [3.63, 3.8) is 0 Å². The summed E-state index contributed by atoms with van der Waals surface area (Å²) < 4.78 is 11.2. The van der Waals surface area contributed by atoms with Gasteiger partial charge in [-0.15, -0.1) is 0 Å². The highest BCUT2D eigenvalue weighted by Crippen LogP contribution is 2.33. The van der Waals surface area contributed by atoms with Gasteiger partial charge in [-0.3, -0.25) is 4.79 Å². The number of aliphatic hydroxyl groups is 1. The molecule has 1 saturated heterocycles. The molecule has 1 amide bonds. The molecule has 3 atom stereocenters. The first-order valence-corrected chi connectivity index (χ1v) is 9.00. The number of carbonyl (C=O) groups excluding carboxylic acids is 1. The van der Waals surface area contributed by atoms with Crippen molar-refractivity contribution in [2.75, 3.05) is 26.4 Å². The van der Waals surface area contributed by atoms with Crippen LogP contribution in [-0.4, -0.2) is 54.4 Å². The Kier molecular flexibility index (Phi) is 5.74. The van der Waals surface area contributed by atoms with Gasteiger partial charge in [-0.2, -0.15) is 0 Å². The third-order valence-corrected chi connectivity index (χ3v) is 5.01. The average molecular weight is 333 g/mol. The van der Waals surface area contributed by atoms with Crippen LogP contribution in [0, 0.1) is 5.92 Å². The third kappa shape index (κ3) is 3.73. The summed E-state index contributed by atoms with van der Waals surface area (Å²) in [6, 6.07) is 7.35. The Balaban J connectivity index is 1.76. The lowest BCUT2D eigenvalue weighted by Gasteiger charge is -2.40. The molecule has 3 rings (SSSR count). The molecule has 1 saturated carbocycles. The molecule has 0 radical (unpaired) electrons. The van der Waals surface area contributed by atoms with Crippen molar-refractivity contribution in [3.05, 3.63) is 29.8 Å². The minimum absolute atomic E-state index is 0.00403. The van der Waals surface area contributed by atoms with Gasteiger partial charge in [-0.25, -0.2) is 0 Å². The van der Waals surface area contributed by atoms with E-state index in [0.717, 1.165) is 31.4 Å². The maximum Gasteiger partial charge on any atom is 0.254 e. The van der Waals surface area contributed by atoms with Crippen LogP contribution in [0.1, 0.15) is 43.0 Å². The molecule has 1 aliphatic heterocycles. The normalized spacial score (nSPS) is 27.2. The van der Waals surface area contributed by atoms with E-state index in [4.69, 9.17) is 9.47 Å². The summed E-state index contributed by atoms with van der Waals surface area (Å²) >= 11 is 0. The maximum atomic E-state index is 13.0. The third-order valence-electron chi connectivity index (χ3n) is 5.01. The number of morpholine rings is 1. The standard InChI is InChI=1S/C19H27NO4/c1-2-10-24-15-6-3-5-14(12-15)19(22)20-9-11-23-13-17(20)16-7-4-8-18(16)21/h3,5-6,12,16-18,21H,2,4,7-11,13H2,1H3/t16-,17+,18-/m0/s1. The fourth-order valence-corrected chi connectivity index (χ4v) is 3.75. The molecule has 132 valence electrons. The first kappa shape index (κ1) is 17.2. The number of hydrogen-bond donors (Lipinski definition) is 1. The summed E-state index contributed by atoms with van der Waals surface area (Å²) in [6.45, 7) is 4.34. The van der Waals surface area contributed by atoms with Crippen molar-refractivity contribution in [2.24, 2.45) is 5.92 Å². The summed E-state index contributed by atoms with van der Waals surface area (Å²) in [5.41, 5.74) is 0.642. The Hall–Kier alpha value is -1.59. The highest BCUT2D eigenvalue weighted by Gasteiger charge is 2.39. The molecule has 0 bridgehead atoms. The molecule has 0 aromatic heterocycles. The zero-order valence-electron chi connectivity index (χ0n) is 14.3. The number of carbonyl (C=O) groups is 1. The van der Waals surface area contributed by atoms with Gasteiger partial charge in [0.25, 0.3) is 5.91 Å². The van der Waals surface area contributed by atoms with E-state index in [1.54, 1.807) is 0 Å². The molecule has 24 heavy (non-hydrogen) atoms. The van der Waals surface area contributed by atoms with E-state index in [9.17, 15) is 9.90 Å². The van der Waals surface area contributed by atoms with Crippen molar-refractivity contribution in [1.29, 1.82) is 0 Å². The number of nitrogens with zero attached hydrogens (tertiary/aromatic N) is 1. The molecule has 0 unspecified atom stereocenters. The number of aliphatic hydroxyl groups excluding tert-OH is 1. The van der Waals surface area contributed by atoms with E-state index in [-0.39, 0.29) is 24.0 Å². The molecule has 2 fully saturated rings. The van der Waals surface area contributed by atoms with E-state index < -0.39 is 0 Å². The van der Waals surface area contributed by atoms with Crippen molar-refractivity contribution in [1.82, 2.24) is 4.90 Å². The second-order valence-electron chi connectivity index (χ2n) is 6.68. The maximum absolute atomic E-state index is 13.0. The zero-order chi connectivity index (χ0) is 16.9. The van der Waals surface area contributed by atoms with Gasteiger partial charge in [0.2, 0.25) is 0 Å². The summed E-state index contributed by atoms with van der Waals surface area (Å²) in [7, 11) is 0. The first-order chi connectivity index (χ1) is 11.7. The highest BCUT2D eigenvalue weighted by atomic mass is 16.5. The smallest absolute Gasteiger partial charge is 0.254 e. The number of hydrogen-bond acceptors (Lipinski definition) is 4. The van der Waals surface area contributed by atoms with Gasteiger partial charge < -0.3 is 19.5 Å². The Bertz CT molecular complexity index is 562. The Morgan fingerprint density at radius 2 is 2.29 bits per heavy atom. The molecule has 1 aromatic rings. The predicted octanol–water partition coefficient (Wildman–Crippen LogP) is 2.48. The topological polar surface area (TPSA) is 59.0 Å². The molecule has 5 nitrogen and oxygen atoms in total. The SMILES string of the molecule is CCCOc1cccc(C(=O)N2CCOC[C@@H]2[C@@H]2CCC[C@@H]2O)c1. The van der Waals surface area contributed by atoms with Crippen LogP contribution < -0.4 is 4.74 Å². The molecule has 1 heterocycles. The number of benzene rings is 1. The molecule has 0 spiro atoms. The Morgan fingerprint density at radius 1 is 1.42 bits per heavy atom. The van der Waals surface area contributed by atoms with Crippen LogP contribution in [0.3, 0.4) is 0 Å². The molecule has 1 aliphatic carbocycles. The number of ether oxygens (including phenoxy) is 2. The van der Waals surface area contributed by atoms with Gasteiger partial charge in [0.05, 0.1) is 32.0 Å². The average Bonchev–Trinajstić information content (AvgIpc) is 3.05. The second-order valence-corrected chi connectivity index (χ2v) is 6.68. The lowest BCUT2D eigenvalue weighted by Crippen LogP contribution is -2.53. The largest absolute Gasteiger partial charge is 0.494 e. The highest BCUT2D eigenvalue weighted by molar-refractivity contribution is 5.95. The quantitative estimate of drug-likeness (QED) is 0.899. The molecular weight excluding hydrogens is 306 g/mol. The van der Waals surface area contributed by atoms with Crippen LogP contribution in [0.2, 0.25) is 0 Å². The molecular formula is C19H27NO4.